The molecule has 148 valence electrons. The van der Waals surface area contributed by atoms with Crippen molar-refractivity contribution in [3.8, 4) is 22.5 Å². The molecular weight excluding hydrogens is 372 g/mol. The molecule has 0 spiro atoms. The van der Waals surface area contributed by atoms with Crippen molar-refractivity contribution in [3.05, 3.63) is 66.9 Å². The molecule has 1 aliphatic rings. The molecule has 0 radical (unpaired) electrons. The molecular formula is C24H22N6. The summed E-state index contributed by atoms with van der Waals surface area (Å²) in [5.74, 6) is 0. The van der Waals surface area contributed by atoms with E-state index >= 15 is 0 Å². The summed E-state index contributed by atoms with van der Waals surface area (Å²) in [4.78, 5) is 10.5. The van der Waals surface area contributed by atoms with Crippen LogP contribution in [-0.2, 0) is 0 Å². The van der Waals surface area contributed by atoms with Crippen LogP contribution < -0.4 is 10.2 Å². The normalized spacial score (nSPS) is 14.6. The van der Waals surface area contributed by atoms with Crippen molar-refractivity contribution < 1.29 is 0 Å². The second-order valence-corrected chi connectivity index (χ2v) is 7.69. The summed E-state index contributed by atoms with van der Waals surface area (Å²) < 4.78 is 0. The first kappa shape index (κ1) is 17.2. The van der Waals surface area contributed by atoms with E-state index in [4.69, 9.17) is 4.98 Å². The van der Waals surface area contributed by atoms with E-state index in [0.717, 1.165) is 65.2 Å². The summed E-state index contributed by atoms with van der Waals surface area (Å²) in [6.07, 6.45) is 1.96. The highest BCUT2D eigenvalue weighted by atomic mass is 15.2. The minimum atomic E-state index is 0.737. The summed E-state index contributed by atoms with van der Waals surface area (Å²) in [6.45, 7) is 4.18. The van der Waals surface area contributed by atoms with Crippen LogP contribution in [0.1, 0.15) is 0 Å². The van der Waals surface area contributed by atoms with Crippen LogP contribution in [0.5, 0.6) is 0 Å². The lowest BCUT2D eigenvalue weighted by molar-refractivity contribution is 0.589. The first-order chi connectivity index (χ1) is 14.9. The quantitative estimate of drug-likeness (QED) is 0.429. The fourth-order valence-electron chi connectivity index (χ4n) is 4.34. The monoisotopic (exact) mass is 394 g/mol. The molecule has 6 rings (SSSR count). The maximum absolute atomic E-state index is 4.84. The van der Waals surface area contributed by atoms with Crippen LogP contribution in [0.15, 0.2) is 66.9 Å². The van der Waals surface area contributed by atoms with Crippen LogP contribution in [0, 0.1) is 0 Å². The standard InChI is InChI=1S/C24H22N6/c1-2-18(19-10-11-26-21(19)3-1)22-9-8-20-23(28-29-24(20)27-22)16-4-6-17(7-5-16)30-14-12-25-13-15-30/h1-11,25-26H,12-15H2,(H,27,28,29). The Hall–Kier alpha value is -3.64. The van der Waals surface area contributed by atoms with Gasteiger partial charge >= 0.3 is 0 Å². The molecule has 1 aliphatic heterocycles. The molecule has 0 bridgehead atoms. The van der Waals surface area contributed by atoms with Gasteiger partial charge in [-0.15, -0.1) is 0 Å². The molecule has 2 aromatic carbocycles. The number of aromatic amines is 2. The van der Waals surface area contributed by atoms with E-state index in [1.807, 2.05) is 6.20 Å². The molecule has 0 amide bonds. The van der Waals surface area contributed by atoms with Gasteiger partial charge in [0, 0.05) is 65.5 Å². The predicted octanol–water partition coefficient (Wildman–Crippen LogP) is 4.18. The lowest BCUT2D eigenvalue weighted by Gasteiger charge is -2.29. The van der Waals surface area contributed by atoms with Crippen LogP contribution in [0.2, 0.25) is 0 Å². The van der Waals surface area contributed by atoms with Gasteiger partial charge in [-0.3, -0.25) is 5.10 Å². The number of benzene rings is 2. The average molecular weight is 394 g/mol. The molecule has 0 saturated carbocycles. The molecule has 3 aromatic heterocycles. The number of rotatable bonds is 3. The second kappa shape index (κ2) is 7.00. The third kappa shape index (κ3) is 2.84. The SMILES string of the molecule is c1cc(-c2ccc3c(-c4ccc(N5CCNCC5)cc4)[nH]nc3n2)c2cc[nH]c2c1. The molecule has 6 nitrogen and oxygen atoms in total. The van der Waals surface area contributed by atoms with E-state index < -0.39 is 0 Å². The minimum Gasteiger partial charge on any atom is -0.369 e. The Morgan fingerprint density at radius 2 is 1.70 bits per heavy atom. The largest absolute Gasteiger partial charge is 0.369 e. The van der Waals surface area contributed by atoms with E-state index in [-0.39, 0.29) is 0 Å². The molecule has 3 N–H and O–H groups in total. The molecule has 1 saturated heterocycles. The number of hydrogen-bond donors (Lipinski definition) is 3. The molecule has 30 heavy (non-hydrogen) atoms. The smallest absolute Gasteiger partial charge is 0.182 e. The van der Waals surface area contributed by atoms with Gasteiger partial charge < -0.3 is 15.2 Å². The number of H-pyrrole nitrogens is 2. The van der Waals surface area contributed by atoms with Crippen molar-refractivity contribution in [3.63, 3.8) is 0 Å². The first-order valence-electron chi connectivity index (χ1n) is 10.3. The number of hydrogen-bond acceptors (Lipinski definition) is 4. The molecule has 1 fully saturated rings. The average Bonchev–Trinajstić information content (AvgIpc) is 3.46. The van der Waals surface area contributed by atoms with Crippen molar-refractivity contribution >= 4 is 27.6 Å². The van der Waals surface area contributed by atoms with Crippen molar-refractivity contribution in [1.29, 1.82) is 0 Å². The summed E-state index contributed by atoms with van der Waals surface area (Å²) in [6, 6.07) is 21.2. The zero-order valence-electron chi connectivity index (χ0n) is 16.5. The fraction of sp³-hybridized carbons (Fsp3) is 0.167. The number of piperazine rings is 1. The molecule has 0 aliphatic carbocycles. The Labute approximate surface area is 173 Å². The number of fused-ring (bicyclic) bond motifs is 2. The van der Waals surface area contributed by atoms with E-state index in [2.05, 4.69) is 86.1 Å². The van der Waals surface area contributed by atoms with Crippen LogP contribution in [0.4, 0.5) is 5.69 Å². The predicted molar refractivity (Wildman–Crippen MR) is 122 cm³/mol. The summed E-state index contributed by atoms with van der Waals surface area (Å²) in [7, 11) is 0. The topological polar surface area (TPSA) is 72.6 Å². The maximum Gasteiger partial charge on any atom is 0.182 e. The van der Waals surface area contributed by atoms with Crippen LogP contribution >= 0.6 is 0 Å². The molecule has 0 atom stereocenters. The third-order valence-electron chi connectivity index (χ3n) is 5.93. The summed E-state index contributed by atoms with van der Waals surface area (Å²) in [5.41, 5.74) is 7.29. The van der Waals surface area contributed by atoms with E-state index in [1.165, 1.54) is 11.1 Å². The van der Waals surface area contributed by atoms with Gasteiger partial charge in [-0.25, -0.2) is 4.98 Å². The summed E-state index contributed by atoms with van der Waals surface area (Å²) >= 11 is 0. The van der Waals surface area contributed by atoms with Crippen molar-refractivity contribution in [2.24, 2.45) is 0 Å². The lowest BCUT2D eigenvalue weighted by Crippen LogP contribution is -2.43. The fourth-order valence-corrected chi connectivity index (χ4v) is 4.34. The van der Waals surface area contributed by atoms with E-state index in [9.17, 15) is 0 Å². The highest BCUT2D eigenvalue weighted by Crippen LogP contribution is 2.31. The van der Waals surface area contributed by atoms with Gasteiger partial charge in [-0.05, 0) is 36.4 Å². The van der Waals surface area contributed by atoms with Gasteiger partial charge in [0.15, 0.2) is 5.65 Å². The van der Waals surface area contributed by atoms with E-state index in [0.29, 0.717) is 0 Å². The highest BCUT2D eigenvalue weighted by molar-refractivity contribution is 5.97. The Bertz CT molecular complexity index is 1330. The van der Waals surface area contributed by atoms with Crippen molar-refractivity contribution in [2.75, 3.05) is 31.1 Å². The number of pyridine rings is 1. The van der Waals surface area contributed by atoms with E-state index in [1.54, 1.807) is 0 Å². The highest BCUT2D eigenvalue weighted by Gasteiger charge is 2.14. The van der Waals surface area contributed by atoms with Crippen molar-refractivity contribution in [1.82, 2.24) is 25.5 Å². The Kier molecular flexibility index (Phi) is 4.02. The molecule has 5 aromatic rings. The maximum atomic E-state index is 4.84. The van der Waals surface area contributed by atoms with Gasteiger partial charge in [0.25, 0.3) is 0 Å². The number of anilines is 1. The van der Waals surface area contributed by atoms with Gasteiger partial charge in [-0.1, -0.05) is 24.3 Å². The van der Waals surface area contributed by atoms with Crippen LogP contribution in [0.3, 0.4) is 0 Å². The Morgan fingerprint density at radius 1 is 0.833 bits per heavy atom. The third-order valence-corrected chi connectivity index (χ3v) is 5.93. The number of aromatic nitrogens is 4. The zero-order chi connectivity index (χ0) is 19.9. The van der Waals surface area contributed by atoms with Gasteiger partial charge in [-0.2, -0.15) is 5.10 Å². The lowest BCUT2D eigenvalue weighted by atomic mass is 10.0. The van der Waals surface area contributed by atoms with Crippen molar-refractivity contribution in [2.45, 2.75) is 0 Å². The molecule has 4 heterocycles. The van der Waals surface area contributed by atoms with Crippen LogP contribution in [-0.4, -0.2) is 46.3 Å². The van der Waals surface area contributed by atoms with Gasteiger partial charge in [0.2, 0.25) is 0 Å². The zero-order valence-corrected chi connectivity index (χ0v) is 16.5. The number of nitrogens with zero attached hydrogens (tertiary/aromatic N) is 3. The first-order valence-corrected chi connectivity index (χ1v) is 10.3. The van der Waals surface area contributed by atoms with Crippen LogP contribution in [0.25, 0.3) is 44.5 Å². The van der Waals surface area contributed by atoms with Gasteiger partial charge in [0.1, 0.15) is 0 Å². The minimum absolute atomic E-state index is 0.737. The second-order valence-electron chi connectivity index (χ2n) is 7.69. The molecule has 0 unspecified atom stereocenters. The Morgan fingerprint density at radius 3 is 2.57 bits per heavy atom. The molecule has 6 heteroatoms. The Balaban J connectivity index is 1.35. The summed E-state index contributed by atoms with van der Waals surface area (Å²) in [5, 5.41) is 13.3. The van der Waals surface area contributed by atoms with Gasteiger partial charge in [0.05, 0.1) is 11.4 Å². The number of nitrogens with one attached hydrogen (secondary N) is 3.